The first-order chi connectivity index (χ1) is 16.8. The van der Waals surface area contributed by atoms with Crippen molar-refractivity contribution in [3.63, 3.8) is 0 Å². The molecule has 0 aliphatic carbocycles. The van der Waals surface area contributed by atoms with Crippen LogP contribution < -0.4 is 10.1 Å². The van der Waals surface area contributed by atoms with Crippen molar-refractivity contribution >= 4 is 27.3 Å². The molecule has 0 bridgehead atoms. The van der Waals surface area contributed by atoms with Crippen molar-refractivity contribution in [2.45, 2.75) is 11.3 Å². The molecule has 1 N–H and O–H groups in total. The number of nitro benzene ring substituents is 1. The molecule has 1 aliphatic heterocycles. The minimum Gasteiger partial charge on any atom is -0.455 e. The van der Waals surface area contributed by atoms with Gasteiger partial charge >= 0.3 is 0 Å². The number of carbonyl (C=O) groups excluding carboxylic acids is 1. The molecule has 1 amide bonds. The number of hydrogen-bond acceptors (Lipinski definition) is 7. The van der Waals surface area contributed by atoms with Gasteiger partial charge in [-0.2, -0.15) is 4.31 Å². The number of para-hydroxylation sites is 1. The van der Waals surface area contributed by atoms with Crippen molar-refractivity contribution < 1.29 is 27.6 Å². The van der Waals surface area contributed by atoms with Crippen molar-refractivity contribution in [2.24, 2.45) is 0 Å². The van der Waals surface area contributed by atoms with E-state index in [9.17, 15) is 23.3 Å². The fourth-order valence-electron chi connectivity index (χ4n) is 3.52. The molecule has 0 radical (unpaired) electrons. The highest BCUT2D eigenvalue weighted by atomic mass is 32.2. The first kappa shape index (κ1) is 24.3. The Morgan fingerprint density at radius 2 is 1.71 bits per heavy atom. The average molecular weight is 498 g/mol. The Bertz CT molecular complexity index is 1310. The quantitative estimate of drug-likeness (QED) is 0.372. The Morgan fingerprint density at radius 1 is 1.03 bits per heavy atom. The van der Waals surface area contributed by atoms with Gasteiger partial charge in [-0.15, -0.1) is 0 Å². The van der Waals surface area contributed by atoms with E-state index in [0.29, 0.717) is 24.5 Å². The summed E-state index contributed by atoms with van der Waals surface area (Å²) in [5.74, 6) is 0.356. The third-order valence-corrected chi connectivity index (χ3v) is 7.21. The van der Waals surface area contributed by atoms with Crippen LogP contribution in [0.3, 0.4) is 0 Å². The SMILES string of the molecule is O=C(Cc1ccc([N+](=O)[O-])cc1)Nc1cc(S(=O)(=O)N2CCOCC2)ccc1Oc1ccccc1. The van der Waals surface area contributed by atoms with Gasteiger partial charge < -0.3 is 14.8 Å². The number of ether oxygens (including phenoxy) is 2. The molecular formula is C24H23N3O7S. The lowest BCUT2D eigenvalue weighted by molar-refractivity contribution is -0.384. The Kier molecular flexibility index (Phi) is 7.39. The fourth-order valence-corrected chi connectivity index (χ4v) is 4.96. The molecule has 0 aromatic heterocycles. The summed E-state index contributed by atoms with van der Waals surface area (Å²) in [6, 6.07) is 18.8. The topological polar surface area (TPSA) is 128 Å². The molecule has 0 atom stereocenters. The van der Waals surface area contributed by atoms with E-state index in [4.69, 9.17) is 9.47 Å². The van der Waals surface area contributed by atoms with Crippen molar-refractivity contribution in [1.29, 1.82) is 0 Å². The van der Waals surface area contributed by atoms with Crippen LogP contribution in [0.4, 0.5) is 11.4 Å². The van der Waals surface area contributed by atoms with Crippen molar-refractivity contribution in [1.82, 2.24) is 4.31 Å². The van der Waals surface area contributed by atoms with Crippen LogP contribution in [0, 0.1) is 10.1 Å². The maximum absolute atomic E-state index is 13.1. The van der Waals surface area contributed by atoms with Crippen molar-refractivity contribution in [3.05, 3.63) is 88.5 Å². The van der Waals surface area contributed by atoms with Crippen LogP contribution >= 0.6 is 0 Å². The number of nitro groups is 1. The molecule has 4 rings (SSSR count). The molecule has 11 heteroatoms. The summed E-state index contributed by atoms with van der Waals surface area (Å²) in [5, 5.41) is 13.6. The number of nitrogens with one attached hydrogen (secondary N) is 1. The molecule has 10 nitrogen and oxygen atoms in total. The lowest BCUT2D eigenvalue weighted by Gasteiger charge is -2.26. The van der Waals surface area contributed by atoms with Crippen LogP contribution in [0.15, 0.2) is 77.7 Å². The molecule has 1 saturated heterocycles. The third kappa shape index (κ3) is 6.01. The third-order valence-electron chi connectivity index (χ3n) is 5.32. The van der Waals surface area contributed by atoms with E-state index in [1.165, 1.54) is 46.8 Å². The van der Waals surface area contributed by atoms with Crippen LogP contribution in [0.2, 0.25) is 0 Å². The van der Waals surface area contributed by atoms with E-state index >= 15 is 0 Å². The predicted octanol–water partition coefficient (Wildman–Crippen LogP) is 3.59. The van der Waals surface area contributed by atoms with E-state index in [0.717, 1.165) is 0 Å². The highest BCUT2D eigenvalue weighted by Crippen LogP contribution is 2.33. The number of anilines is 1. The van der Waals surface area contributed by atoms with Crippen molar-refractivity contribution in [3.8, 4) is 11.5 Å². The van der Waals surface area contributed by atoms with Gasteiger partial charge in [-0.25, -0.2) is 8.42 Å². The summed E-state index contributed by atoms with van der Waals surface area (Å²) in [6.07, 6.45) is -0.0663. The van der Waals surface area contributed by atoms with Gasteiger partial charge in [0.15, 0.2) is 5.75 Å². The number of non-ortho nitro benzene ring substituents is 1. The lowest BCUT2D eigenvalue weighted by atomic mass is 10.1. The predicted molar refractivity (Wildman–Crippen MR) is 128 cm³/mol. The summed E-state index contributed by atoms with van der Waals surface area (Å²) in [4.78, 5) is 23.1. The summed E-state index contributed by atoms with van der Waals surface area (Å²) >= 11 is 0. The standard InChI is InChI=1S/C24H23N3O7S/c28-24(16-18-6-8-19(9-7-18)27(29)30)25-22-17-21(35(31,32)26-12-14-33-15-13-26)10-11-23(22)34-20-4-2-1-3-5-20/h1-11,17H,12-16H2,(H,25,28). The smallest absolute Gasteiger partial charge is 0.269 e. The zero-order valence-corrected chi connectivity index (χ0v) is 19.4. The molecule has 35 heavy (non-hydrogen) atoms. The Labute approximate surface area is 202 Å². The van der Waals surface area contributed by atoms with E-state index in [1.54, 1.807) is 24.3 Å². The van der Waals surface area contributed by atoms with E-state index in [2.05, 4.69) is 5.32 Å². The molecule has 3 aromatic carbocycles. The maximum Gasteiger partial charge on any atom is 0.269 e. The zero-order valence-electron chi connectivity index (χ0n) is 18.6. The second kappa shape index (κ2) is 10.6. The summed E-state index contributed by atoms with van der Waals surface area (Å²) < 4.78 is 38.8. The van der Waals surface area contributed by atoms with E-state index < -0.39 is 20.9 Å². The molecule has 182 valence electrons. The van der Waals surface area contributed by atoms with Crippen LogP contribution in [-0.2, 0) is 26.0 Å². The van der Waals surface area contributed by atoms with Gasteiger partial charge in [0.2, 0.25) is 15.9 Å². The zero-order chi connectivity index (χ0) is 24.8. The number of sulfonamides is 1. The van der Waals surface area contributed by atoms with Crippen LogP contribution in [0.5, 0.6) is 11.5 Å². The van der Waals surface area contributed by atoms with Gasteiger partial charge in [0.1, 0.15) is 5.75 Å². The highest BCUT2D eigenvalue weighted by molar-refractivity contribution is 7.89. The van der Waals surface area contributed by atoms with E-state index in [-0.39, 0.29) is 41.5 Å². The largest absolute Gasteiger partial charge is 0.455 e. The number of hydrogen-bond donors (Lipinski definition) is 1. The van der Waals surface area contributed by atoms with Gasteiger partial charge in [0.05, 0.1) is 35.1 Å². The number of rotatable bonds is 8. The van der Waals surface area contributed by atoms with Gasteiger partial charge in [-0.3, -0.25) is 14.9 Å². The molecule has 0 unspecified atom stereocenters. The highest BCUT2D eigenvalue weighted by Gasteiger charge is 2.27. The molecule has 1 fully saturated rings. The maximum atomic E-state index is 13.1. The minimum absolute atomic E-state index is 0.0189. The minimum atomic E-state index is -3.80. The summed E-state index contributed by atoms with van der Waals surface area (Å²) in [7, 11) is -3.80. The van der Waals surface area contributed by atoms with Crippen molar-refractivity contribution in [2.75, 3.05) is 31.6 Å². The molecule has 3 aromatic rings. The van der Waals surface area contributed by atoms with Gasteiger partial charge in [0, 0.05) is 25.2 Å². The van der Waals surface area contributed by atoms with Gasteiger partial charge in [0.25, 0.3) is 5.69 Å². The number of morpholine rings is 1. The Balaban J connectivity index is 1.60. The Morgan fingerprint density at radius 3 is 2.37 bits per heavy atom. The number of benzene rings is 3. The van der Waals surface area contributed by atoms with E-state index in [1.807, 2.05) is 6.07 Å². The molecule has 0 spiro atoms. The first-order valence-electron chi connectivity index (χ1n) is 10.8. The molecule has 0 saturated carbocycles. The Hall–Kier alpha value is -3.80. The molecule has 1 aliphatic rings. The molecule has 1 heterocycles. The monoisotopic (exact) mass is 497 g/mol. The number of nitrogens with zero attached hydrogens (tertiary/aromatic N) is 2. The summed E-state index contributed by atoms with van der Waals surface area (Å²) in [5.41, 5.74) is 0.680. The lowest BCUT2D eigenvalue weighted by Crippen LogP contribution is -2.40. The number of amides is 1. The molecular weight excluding hydrogens is 474 g/mol. The van der Waals surface area contributed by atoms with Crippen LogP contribution in [-0.4, -0.2) is 49.9 Å². The van der Waals surface area contributed by atoms with Gasteiger partial charge in [-0.05, 0) is 35.9 Å². The second-order valence-corrected chi connectivity index (χ2v) is 9.68. The number of carbonyl (C=O) groups is 1. The average Bonchev–Trinajstić information content (AvgIpc) is 2.86. The summed E-state index contributed by atoms with van der Waals surface area (Å²) in [6.45, 7) is 1.11. The normalized spacial score (nSPS) is 14.3. The first-order valence-corrected chi connectivity index (χ1v) is 12.2. The van der Waals surface area contributed by atoms with Crippen LogP contribution in [0.25, 0.3) is 0 Å². The van der Waals surface area contributed by atoms with Crippen LogP contribution in [0.1, 0.15) is 5.56 Å². The second-order valence-electron chi connectivity index (χ2n) is 7.74. The van der Waals surface area contributed by atoms with Gasteiger partial charge in [-0.1, -0.05) is 30.3 Å². The fraction of sp³-hybridized carbons (Fsp3) is 0.208.